The quantitative estimate of drug-likeness (QED) is 0.786. The average Bonchev–Trinajstić information content (AvgIpc) is 2.60. The van der Waals surface area contributed by atoms with Crippen LogP contribution in [0.25, 0.3) is 0 Å². The van der Waals surface area contributed by atoms with Crippen LogP contribution in [0, 0.1) is 6.92 Å². The zero-order valence-corrected chi connectivity index (χ0v) is 15.9. The molecule has 1 heterocycles. The number of hydrogen-bond donors (Lipinski definition) is 1. The third-order valence-electron chi connectivity index (χ3n) is 4.01. The number of rotatable bonds is 6. The maximum atomic E-state index is 6.05. The van der Waals surface area contributed by atoms with Crippen LogP contribution in [0.4, 0.5) is 5.69 Å². The van der Waals surface area contributed by atoms with E-state index in [1.807, 2.05) is 30.0 Å². The van der Waals surface area contributed by atoms with E-state index in [9.17, 15) is 0 Å². The topological polar surface area (TPSA) is 36.9 Å². The fourth-order valence-corrected chi connectivity index (χ4v) is 3.77. The number of aryl methyl sites for hydroxylation is 1. The Kier molecular flexibility index (Phi) is 6.00. The Morgan fingerprint density at radius 1 is 1.20 bits per heavy atom. The Morgan fingerprint density at radius 3 is 2.84 bits per heavy atom. The van der Waals surface area contributed by atoms with Crippen LogP contribution in [0.1, 0.15) is 17.5 Å². The lowest BCUT2D eigenvalue weighted by atomic mass is 10.1. The molecule has 4 nitrogen and oxygen atoms in total. The van der Waals surface area contributed by atoms with Crippen LogP contribution >= 0.6 is 11.8 Å². The Balaban J connectivity index is 1.83. The molecule has 0 aliphatic carbocycles. The first kappa shape index (κ1) is 17.8. The lowest BCUT2D eigenvalue weighted by molar-refractivity contribution is 0.260. The second-order valence-electron chi connectivity index (χ2n) is 6.42. The Hall–Kier alpha value is -1.98. The van der Waals surface area contributed by atoms with Crippen LogP contribution < -0.4 is 10.2 Å². The summed E-state index contributed by atoms with van der Waals surface area (Å²) in [7, 11) is 4.11. The van der Waals surface area contributed by atoms with Crippen molar-refractivity contribution in [1.82, 2.24) is 4.90 Å². The molecule has 1 N–H and O–H groups in total. The third-order valence-corrected chi connectivity index (χ3v) is 5.07. The number of nitrogens with one attached hydrogen (secondary N) is 1. The number of fused-ring (bicyclic) bond motifs is 1. The molecule has 0 aromatic heterocycles. The van der Waals surface area contributed by atoms with Crippen LogP contribution in [-0.2, 0) is 0 Å². The minimum Gasteiger partial charge on any atom is -0.492 e. The molecule has 3 rings (SSSR count). The van der Waals surface area contributed by atoms with Crippen LogP contribution in [0.2, 0.25) is 0 Å². The van der Waals surface area contributed by atoms with E-state index in [-0.39, 0.29) is 0 Å². The van der Waals surface area contributed by atoms with E-state index in [0.717, 1.165) is 41.4 Å². The van der Waals surface area contributed by atoms with E-state index in [1.54, 1.807) is 0 Å². The second kappa shape index (κ2) is 8.41. The highest BCUT2D eigenvalue weighted by molar-refractivity contribution is 7.99. The number of anilines is 1. The van der Waals surface area contributed by atoms with Crippen LogP contribution in [0.5, 0.6) is 5.75 Å². The van der Waals surface area contributed by atoms with Gasteiger partial charge in [-0.05, 0) is 50.8 Å². The predicted molar refractivity (Wildman–Crippen MR) is 107 cm³/mol. The smallest absolute Gasteiger partial charge is 0.129 e. The standard InChI is InChI=1S/C20H25N3OS/c1-15-6-4-7-16(14-15)21-22-17-10-13-25-19-9-5-8-18(20(17)19)24-12-11-23(2)3/h4-9,14,21H,10-13H2,1-3H3/b22-17+. The molecule has 5 heteroatoms. The van der Waals surface area contributed by atoms with Crippen molar-refractivity contribution in [3.05, 3.63) is 53.6 Å². The fraction of sp³-hybridized carbons (Fsp3) is 0.350. The molecule has 0 saturated carbocycles. The van der Waals surface area contributed by atoms with Gasteiger partial charge in [-0.2, -0.15) is 5.10 Å². The van der Waals surface area contributed by atoms with Crippen molar-refractivity contribution in [1.29, 1.82) is 0 Å². The minimum atomic E-state index is 0.673. The van der Waals surface area contributed by atoms with Gasteiger partial charge in [0.25, 0.3) is 0 Å². The molecule has 1 aliphatic heterocycles. The van der Waals surface area contributed by atoms with Crippen molar-refractivity contribution in [3.63, 3.8) is 0 Å². The van der Waals surface area contributed by atoms with Crippen molar-refractivity contribution in [2.24, 2.45) is 5.10 Å². The summed E-state index contributed by atoms with van der Waals surface area (Å²) in [5, 5.41) is 4.70. The summed E-state index contributed by atoms with van der Waals surface area (Å²) >= 11 is 1.87. The van der Waals surface area contributed by atoms with Gasteiger partial charge in [-0.3, -0.25) is 5.43 Å². The van der Waals surface area contributed by atoms with Crippen molar-refractivity contribution in [2.45, 2.75) is 18.2 Å². The Morgan fingerprint density at radius 2 is 2.04 bits per heavy atom. The van der Waals surface area contributed by atoms with Crippen LogP contribution in [-0.4, -0.2) is 43.6 Å². The molecule has 2 aromatic rings. The van der Waals surface area contributed by atoms with Crippen molar-refractivity contribution in [2.75, 3.05) is 38.4 Å². The van der Waals surface area contributed by atoms with Crippen molar-refractivity contribution < 1.29 is 4.74 Å². The number of likely N-dealkylation sites (N-methyl/N-ethyl adjacent to an activating group) is 1. The molecule has 0 fully saturated rings. The van der Waals surface area contributed by atoms with Gasteiger partial charge in [0.1, 0.15) is 12.4 Å². The first-order valence-corrected chi connectivity index (χ1v) is 9.55. The minimum absolute atomic E-state index is 0.673. The average molecular weight is 356 g/mol. The van der Waals surface area contributed by atoms with E-state index in [2.05, 4.69) is 55.6 Å². The first-order chi connectivity index (χ1) is 12.1. The van der Waals surface area contributed by atoms with Gasteiger partial charge >= 0.3 is 0 Å². The highest BCUT2D eigenvalue weighted by atomic mass is 32.2. The number of thioether (sulfide) groups is 1. The molecular formula is C20H25N3OS. The SMILES string of the molecule is Cc1cccc(N/N=C2\CCSc3cccc(OCCN(C)C)c32)c1. The van der Waals surface area contributed by atoms with Gasteiger partial charge < -0.3 is 9.64 Å². The molecule has 2 aromatic carbocycles. The summed E-state index contributed by atoms with van der Waals surface area (Å²) in [5.74, 6) is 1.97. The molecule has 0 saturated heterocycles. The van der Waals surface area contributed by atoms with Crippen LogP contribution in [0.3, 0.4) is 0 Å². The molecule has 0 unspecified atom stereocenters. The lowest BCUT2D eigenvalue weighted by Gasteiger charge is -2.21. The monoisotopic (exact) mass is 355 g/mol. The van der Waals surface area contributed by atoms with Crippen molar-refractivity contribution in [3.8, 4) is 5.75 Å². The summed E-state index contributed by atoms with van der Waals surface area (Å²) in [6.07, 6.45) is 0.935. The van der Waals surface area contributed by atoms with Gasteiger partial charge in [-0.1, -0.05) is 18.2 Å². The molecule has 0 spiro atoms. The maximum Gasteiger partial charge on any atom is 0.129 e. The van der Waals surface area contributed by atoms with Gasteiger partial charge in [0.2, 0.25) is 0 Å². The number of benzene rings is 2. The van der Waals surface area contributed by atoms with Gasteiger partial charge in [0.15, 0.2) is 0 Å². The molecule has 0 amide bonds. The highest BCUT2D eigenvalue weighted by Gasteiger charge is 2.21. The summed E-state index contributed by atoms with van der Waals surface area (Å²) in [4.78, 5) is 3.37. The zero-order valence-electron chi connectivity index (χ0n) is 15.1. The first-order valence-electron chi connectivity index (χ1n) is 8.56. The predicted octanol–water partition coefficient (Wildman–Crippen LogP) is 4.25. The summed E-state index contributed by atoms with van der Waals surface area (Å²) in [5.41, 5.74) is 7.65. The van der Waals surface area contributed by atoms with Crippen LogP contribution in [0.15, 0.2) is 52.5 Å². The van der Waals surface area contributed by atoms with Gasteiger partial charge in [0, 0.05) is 23.6 Å². The lowest BCUT2D eigenvalue weighted by Crippen LogP contribution is -2.21. The maximum absolute atomic E-state index is 6.05. The zero-order chi connectivity index (χ0) is 17.6. The largest absolute Gasteiger partial charge is 0.492 e. The highest BCUT2D eigenvalue weighted by Crippen LogP contribution is 2.36. The third kappa shape index (κ3) is 4.77. The summed E-state index contributed by atoms with van der Waals surface area (Å²) < 4.78 is 6.05. The van der Waals surface area contributed by atoms with Gasteiger partial charge in [0.05, 0.1) is 17.0 Å². The molecular weight excluding hydrogens is 330 g/mol. The number of hydrazone groups is 1. The number of ether oxygens (including phenoxy) is 1. The summed E-state index contributed by atoms with van der Waals surface area (Å²) in [6.45, 7) is 3.65. The van der Waals surface area contributed by atoms with E-state index < -0.39 is 0 Å². The molecule has 0 atom stereocenters. The van der Waals surface area contributed by atoms with E-state index in [1.165, 1.54) is 10.5 Å². The van der Waals surface area contributed by atoms with Crippen molar-refractivity contribution >= 4 is 23.2 Å². The van der Waals surface area contributed by atoms with Gasteiger partial charge in [-0.15, -0.1) is 11.8 Å². The number of hydrogen-bond acceptors (Lipinski definition) is 5. The van der Waals surface area contributed by atoms with E-state index in [4.69, 9.17) is 9.84 Å². The molecule has 0 radical (unpaired) electrons. The Labute approximate surface area is 154 Å². The molecule has 0 bridgehead atoms. The second-order valence-corrected chi connectivity index (χ2v) is 7.56. The normalized spacial score (nSPS) is 15.3. The van der Waals surface area contributed by atoms with E-state index in [0.29, 0.717) is 6.61 Å². The molecule has 132 valence electrons. The number of nitrogens with zero attached hydrogens (tertiary/aromatic N) is 2. The molecule has 1 aliphatic rings. The fourth-order valence-electron chi connectivity index (χ4n) is 2.72. The van der Waals surface area contributed by atoms with Gasteiger partial charge in [-0.25, -0.2) is 0 Å². The summed E-state index contributed by atoms with van der Waals surface area (Å²) in [6, 6.07) is 14.5. The van der Waals surface area contributed by atoms with E-state index >= 15 is 0 Å². The molecule has 25 heavy (non-hydrogen) atoms. The Bertz CT molecular complexity index is 758.